The number of para-hydroxylation sites is 3. The lowest BCUT2D eigenvalue weighted by molar-refractivity contribution is 0.144. The van der Waals surface area contributed by atoms with E-state index in [0.29, 0.717) is 5.75 Å². The summed E-state index contributed by atoms with van der Waals surface area (Å²) in [4.78, 5) is 15.9. The average molecular weight is 415 g/mol. The van der Waals surface area contributed by atoms with Gasteiger partial charge in [-0.3, -0.25) is 0 Å². The molecule has 5 nitrogen and oxygen atoms in total. The average Bonchev–Trinajstić information content (AvgIpc) is 3.12. The monoisotopic (exact) mass is 414 g/mol. The van der Waals surface area contributed by atoms with Gasteiger partial charge in [0.2, 0.25) is 0 Å². The van der Waals surface area contributed by atoms with Crippen LogP contribution in [0.5, 0.6) is 5.75 Å². The molecular formula is C26H26N2O3. The maximum atomic E-state index is 11.0. The van der Waals surface area contributed by atoms with Crippen molar-refractivity contribution in [2.24, 2.45) is 0 Å². The number of unbranched alkanes of at least 4 members (excludes halogenated alkanes) is 2. The van der Waals surface area contributed by atoms with Gasteiger partial charge >= 0.3 is 6.16 Å². The molecule has 0 spiro atoms. The molecule has 3 aromatic carbocycles. The van der Waals surface area contributed by atoms with Gasteiger partial charge in [-0.25, -0.2) is 9.78 Å². The molecule has 0 saturated heterocycles. The maximum Gasteiger partial charge on any atom is 0.511 e. The van der Waals surface area contributed by atoms with Crippen LogP contribution in [0.2, 0.25) is 0 Å². The third kappa shape index (κ3) is 4.77. The van der Waals surface area contributed by atoms with Crippen molar-refractivity contribution < 1.29 is 14.6 Å². The molecule has 1 N–H and O–H groups in total. The Hall–Kier alpha value is -3.60. The maximum absolute atomic E-state index is 11.0. The summed E-state index contributed by atoms with van der Waals surface area (Å²) in [7, 11) is 0. The second-order valence-electron chi connectivity index (χ2n) is 7.62. The molecule has 0 bridgehead atoms. The van der Waals surface area contributed by atoms with E-state index in [1.54, 1.807) is 12.1 Å². The third-order valence-electron chi connectivity index (χ3n) is 5.43. The van der Waals surface area contributed by atoms with E-state index in [4.69, 9.17) is 14.8 Å². The first-order chi connectivity index (χ1) is 15.2. The highest BCUT2D eigenvalue weighted by Gasteiger charge is 2.12. The second kappa shape index (κ2) is 9.47. The Morgan fingerprint density at radius 2 is 1.71 bits per heavy atom. The SMILES string of the molecule is CCCCCc1nc2ccccc2n1Cc1ccc(-c2ccccc2OC(=O)O)cc1. The fraction of sp³-hybridized carbons (Fsp3) is 0.231. The van der Waals surface area contributed by atoms with E-state index in [9.17, 15) is 4.79 Å². The molecule has 0 atom stereocenters. The van der Waals surface area contributed by atoms with Gasteiger partial charge in [-0.15, -0.1) is 0 Å². The van der Waals surface area contributed by atoms with Crippen LogP contribution in [-0.4, -0.2) is 20.8 Å². The van der Waals surface area contributed by atoms with Crippen LogP contribution in [0.4, 0.5) is 4.79 Å². The molecule has 0 fully saturated rings. The Morgan fingerprint density at radius 3 is 2.48 bits per heavy atom. The van der Waals surface area contributed by atoms with Gasteiger partial charge in [0.15, 0.2) is 0 Å². The fourth-order valence-corrected chi connectivity index (χ4v) is 3.89. The number of fused-ring (bicyclic) bond motifs is 1. The van der Waals surface area contributed by atoms with Crippen LogP contribution in [0.15, 0.2) is 72.8 Å². The van der Waals surface area contributed by atoms with Gasteiger partial charge < -0.3 is 14.4 Å². The summed E-state index contributed by atoms with van der Waals surface area (Å²) in [5.74, 6) is 1.46. The summed E-state index contributed by atoms with van der Waals surface area (Å²) in [5.41, 5.74) is 5.02. The van der Waals surface area contributed by atoms with Crippen LogP contribution in [0.1, 0.15) is 37.6 Å². The van der Waals surface area contributed by atoms with E-state index >= 15 is 0 Å². The minimum absolute atomic E-state index is 0.335. The number of hydrogen-bond acceptors (Lipinski definition) is 3. The number of benzene rings is 3. The van der Waals surface area contributed by atoms with E-state index in [1.165, 1.54) is 18.4 Å². The number of nitrogens with zero attached hydrogens (tertiary/aromatic N) is 2. The number of carboxylic acid groups (broad SMARTS) is 1. The van der Waals surface area contributed by atoms with Crippen LogP contribution < -0.4 is 4.74 Å². The highest BCUT2D eigenvalue weighted by molar-refractivity contribution is 5.76. The summed E-state index contributed by atoms with van der Waals surface area (Å²) in [6.07, 6.45) is 3.19. The lowest BCUT2D eigenvalue weighted by atomic mass is 10.0. The second-order valence-corrected chi connectivity index (χ2v) is 7.62. The number of rotatable bonds is 8. The predicted octanol–water partition coefficient (Wildman–Crippen LogP) is 6.54. The Bertz CT molecular complexity index is 1180. The molecule has 0 amide bonds. The molecule has 0 saturated carbocycles. The smallest absolute Gasteiger partial charge is 0.449 e. The van der Waals surface area contributed by atoms with E-state index in [-0.39, 0.29) is 0 Å². The van der Waals surface area contributed by atoms with Gasteiger partial charge in [-0.1, -0.05) is 74.4 Å². The number of aromatic nitrogens is 2. The molecule has 1 heterocycles. The molecule has 4 aromatic rings. The standard InChI is InChI=1S/C26H26N2O3/c1-2-3-4-13-25-27-22-10-6-7-11-23(22)28(25)18-19-14-16-20(17-15-19)21-9-5-8-12-24(21)31-26(29)30/h5-12,14-17H,2-4,13,18H2,1H3,(H,29,30). The first kappa shape index (κ1) is 20.7. The van der Waals surface area contributed by atoms with Gasteiger partial charge in [0.1, 0.15) is 11.6 Å². The summed E-state index contributed by atoms with van der Waals surface area (Å²) in [6, 6.07) is 23.6. The van der Waals surface area contributed by atoms with Crippen molar-refractivity contribution in [3.63, 3.8) is 0 Å². The van der Waals surface area contributed by atoms with Gasteiger partial charge in [0.05, 0.1) is 11.0 Å². The first-order valence-corrected chi connectivity index (χ1v) is 10.7. The van der Waals surface area contributed by atoms with Gasteiger partial charge in [0.25, 0.3) is 0 Å². The summed E-state index contributed by atoms with van der Waals surface area (Å²) in [5, 5.41) is 8.99. The summed E-state index contributed by atoms with van der Waals surface area (Å²) in [6.45, 7) is 2.96. The third-order valence-corrected chi connectivity index (χ3v) is 5.43. The first-order valence-electron chi connectivity index (χ1n) is 10.7. The van der Waals surface area contributed by atoms with Crippen molar-refractivity contribution in [1.82, 2.24) is 9.55 Å². The molecule has 0 radical (unpaired) electrons. The number of aryl methyl sites for hydroxylation is 1. The normalized spacial score (nSPS) is 11.0. The van der Waals surface area contributed by atoms with Gasteiger partial charge in [0, 0.05) is 18.5 Å². The van der Waals surface area contributed by atoms with Crippen molar-refractivity contribution in [3.05, 3.63) is 84.2 Å². The number of imidazole rings is 1. The molecule has 31 heavy (non-hydrogen) atoms. The zero-order valence-electron chi connectivity index (χ0n) is 17.6. The zero-order valence-corrected chi connectivity index (χ0v) is 17.6. The molecule has 0 aliphatic carbocycles. The van der Waals surface area contributed by atoms with Crippen LogP contribution >= 0.6 is 0 Å². The fourth-order valence-electron chi connectivity index (χ4n) is 3.89. The number of hydrogen-bond donors (Lipinski definition) is 1. The van der Waals surface area contributed by atoms with E-state index in [0.717, 1.165) is 47.4 Å². The zero-order chi connectivity index (χ0) is 21.6. The Labute approximate surface area is 181 Å². The van der Waals surface area contributed by atoms with E-state index in [2.05, 4.69) is 41.8 Å². The van der Waals surface area contributed by atoms with Crippen LogP contribution in [-0.2, 0) is 13.0 Å². The highest BCUT2D eigenvalue weighted by Crippen LogP contribution is 2.30. The number of ether oxygens (including phenoxy) is 1. The van der Waals surface area contributed by atoms with E-state index < -0.39 is 6.16 Å². The largest absolute Gasteiger partial charge is 0.511 e. The topological polar surface area (TPSA) is 64.4 Å². The Kier molecular flexibility index (Phi) is 6.32. The molecule has 1 aromatic heterocycles. The molecular weight excluding hydrogens is 388 g/mol. The molecule has 4 rings (SSSR count). The highest BCUT2D eigenvalue weighted by atomic mass is 16.7. The molecule has 0 unspecified atom stereocenters. The van der Waals surface area contributed by atoms with Crippen molar-refractivity contribution in [1.29, 1.82) is 0 Å². The van der Waals surface area contributed by atoms with Crippen molar-refractivity contribution >= 4 is 17.2 Å². The lowest BCUT2D eigenvalue weighted by Gasteiger charge is -2.11. The quantitative estimate of drug-likeness (QED) is 0.202. The number of carbonyl (C=O) groups is 1. The molecule has 158 valence electrons. The minimum atomic E-state index is -1.31. The van der Waals surface area contributed by atoms with Gasteiger partial charge in [-0.05, 0) is 35.7 Å². The minimum Gasteiger partial charge on any atom is -0.449 e. The predicted molar refractivity (Wildman–Crippen MR) is 123 cm³/mol. The van der Waals surface area contributed by atoms with Crippen LogP contribution in [0.25, 0.3) is 22.2 Å². The Balaban J connectivity index is 1.61. The molecule has 0 aliphatic heterocycles. The molecule has 0 aliphatic rings. The molecule has 5 heteroatoms. The van der Waals surface area contributed by atoms with E-state index in [1.807, 2.05) is 30.3 Å². The van der Waals surface area contributed by atoms with Crippen LogP contribution in [0, 0.1) is 0 Å². The van der Waals surface area contributed by atoms with Crippen molar-refractivity contribution in [3.8, 4) is 16.9 Å². The summed E-state index contributed by atoms with van der Waals surface area (Å²) >= 11 is 0. The van der Waals surface area contributed by atoms with Crippen molar-refractivity contribution in [2.75, 3.05) is 0 Å². The van der Waals surface area contributed by atoms with Crippen LogP contribution in [0.3, 0.4) is 0 Å². The van der Waals surface area contributed by atoms with Crippen molar-refractivity contribution in [2.45, 2.75) is 39.2 Å². The Morgan fingerprint density at radius 1 is 0.968 bits per heavy atom. The lowest BCUT2D eigenvalue weighted by Crippen LogP contribution is -2.06. The summed E-state index contributed by atoms with van der Waals surface area (Å²) < 4.78 is 7.24. The van der Waals surface area contributed by atoms with Gasteiger partial charge in [-0.2, -0.15) is 0 Å².